The molecule has 1 unspecified atom stereocenters. The quantitative estimate of drug-likeness (QED) is 0.704. The van der Waals surface area contributed by atoms with Crippen LogP contribution in [-0.4, -0.2) is 50.1 Å². The summed E-state index contributed by atoms with van der Waals surface area (Å²) in [5.74, 6) is 0.743. The smallest absolute Gasteiger partial charge is 0.234 e. The average Bonchev–Trinajstić information content (AvgIpc) is 2.77. The minimum absolute atomic E-state index is 0.138. The highest BCUT2D eigenvalue weighted by molar-refractivity contribution is 5.78. The van der Waals surface area contributed by atoms with Gasteiger partial charge < -0.3 is 15.5 Å². The molecule has 0 aromatic carbocycles. The molecule has 1 rings (SSSR count). The molecule has 1 fully saturated rings. The highest BCUT2D eigenvalue weighted by Crippen LogP contribution is 2.17. The summed E-state index contributed by atoms with van der Waals surface area (Å²) >= 11 is 0. The van der Waals surface area contributed by atoms with Gasteiger partial charge in [0.2, 0.25) is 5.91 Å². The van der Waals surface area contributed by atoms with Crippen LogP contribution in [0.5, 0.6) is 0 Å². The van der Waals surface area contributed by atoms with Gasteiger partial charge in [-0.15, -0.1) is 0 Å². The Morgan fingerprint density at radius 1 is 1.26 bits per heavy atom. The molecule has 0 saturated heterocycles. The summed E-state index contributed by atoms with van der Waals surface area (Å²) in [5, 5.41) is 6.53. The SMILES string of the molecule is CC(C)CC(CN(C)C)NC(=O)CNC1CCCC1. The number of hydrogen-bond donors (Lipinski definition) is 2. The van der Waals surface area contributed by atoms with Gasteiger partial charge in [-0.2, -0.15) is 0 Å². The summed E-state index contributed by atoms with van der Waals surface area (Å²) in [6, 6.07) is 0.816. The lowest BCUT2D eigenvalue weighted by Crippen LogP contribution is -2.46. The largest absolute Gasteiger partial charge is 0.351 e. The van der Waals surface area contributed by atoms with Crippen molar-refractivity contribution >= 4 is 5.91 Å². The third kappa shape index (κ3) is 7.53. The van der Waals surface area contributed by atoms with Crippen molar-refractivity contribution in [3.05, 3.63) is 0 Å². The second kappa shape index (κ2) is 8.54. The van der Waals surface area contributed by atoms with Gasteiger partial charge in [-0.3, -0.25) is 4.79 Å². The molecule has 1 saturated carbocycles. The number of carbonyl (C=O) groups excluding carboxylic acids is 1. The lowest BCUT2D eigenvalue weighted by molar-refractivity contribution is -0.121. The molecule has 0 aromatic rings. The molecule has 1 amide bonds. The van der Waals surface area contributed by atoms with E-state index in [1.807, 2.05) is 0 Å². The first-order valence-electron chi connectivity index (χ1n) is 7.65. The second-order valence-corrected chi connectivity index (χ2v) is 6.52. The van der Waals surface area contributed by atoms with Crippen LogP contribution in [0.4, 0.5) is 0 Å². The van der Waals surface area contributed by atoms with E-state index in [4.69, 9.17) is 0 Å². The van der Waals surface area contributed by atoms with Crippen molar-refractivity contribution in [1.29, 1.82) is 0 Å². The number of nitrogens with one attached hydrogen (secondary N) is 2. The first-order chi connectivity index (χ1) is 8.97. The van der Waals surface area contributed by atoms with Crippen molar-refractivity contribution in [3.63, 3.8) is 0 Å². The van der Waals surface area contributed by atoms with Crippen molar-refractivity contribution in [2.75, 3.05) is 27.2 Å². The van der Waals surface area contributed by atoms with Crippen LogP contribution in [0.2, 0.25) is 0 Å². The van der Waals surface area contributed by atoms with Crippen molar-refractivity contribution in [3.8, 4) is 0 Å². The summed E-state index contributed by atoms with van der Waals surface area (Å²) in [6.07, 6.45) is 6.08. The van der Waals surface area contributed by atoms with E-state index in [9.17, 15) is 4.79 Å². The van der Waals surface area contributed by atoms with Gasteiger partial charge in [-0.1, -0.05) is 26.7 Å². The molecule has 0 aliphatic heterocycles. The Hall–Kier alpha value is -0.610. The number of carbonyl (C=O) groups is 1. The van der Waals surface area contributed by atoms with Gasteiger partial charge >= 0.3 is 0 Å². The van der Waals surface area contributed by atoms with E-state index < -0.39 is 0 Å². The Labute approximate surface area is 118 Å². The molecule has 0 radical (unpaired) electrons. The van der Waals surface area contributed by atoms with E-state index in [-0.39, 0.29) is 11.9 Å². The predicted molar refractivity (Wildman–Crippen MR) is 80.2 cm³/mol. The van der Waals surface area contributed by atoms with Gasteiger partial charge in [-0.05, 0) is 39.3 Å². The molecule has 112 valence electrons. The van der Waals surface area contributed by atoms with E-state index in [0.717, 1.165) is 13.0 Å². The molecule has 2 N–H and O–H groups in total. The number of rotatable bonds is 8. The third-order valence-corrected chi connectivity index (χ3v) is 3.61. The molecular weight excluding hydrogens is 238 g/mol. The molecule has 0 spiro atoms. The summed E-state index contributed by atoms with van der Waals surface area (Å²) in [7, 11) is 4.10. The number of amides is 1. The van der Waals surface area contributed by atoms with Crippen LogP contribution in [0.3, 0.4) is 0 Å². The maximum Gasteiger partial charge on any atom is 0.234 e. The Kier molecular flexibility index (Phi) is 7.39. The molecule has 4 nitrogen and oxygen atoms in total. The normalized spacial score (nSPS) is 18.2. The van der Waals surface area contributed by atoms with Crippen LogP contribution in [0.25, 0.3) is 0 Å². The van der Waals surface area contributed by atoms with Crippen molar-refractivity contribution in [2.24, 2.45) is 5.92 Å². The lowest BCUT2D eigenvalue weighted by Gasteiger charge is -2.24. The minimum atomic E-state index is 0.138. The van der Waals surface area contributed by atoms with E-state index in [2.05, 4.69) is 43.5 Å². The zero-order valence-electron chi connectivity index (χ0n) is 13.0. The van der Waals surface area contributed by atoms with E-state index >= 15 is 0 Å². The predicted octanol–water partition coefficient (Wildman–Crippen LogP) is 1.61. The summed E-state index contributed by atoms with van der Waals surface area (Å²) in [4.78, 5) is 14.1. The van der Waals surface area contributed by atoms with E-state index in [1.165, 1.54) is 25.7 Å². The minimum Gasteiger partial charge on any atom is -0.351 e. The van der Waals surface area contributed by atoms with Crippen molar-refractivity contribution in [2.45, 2.75) is 58.0 Å². The van der Waals surface area contributed by atoms with Gasteiger partial charge in [0.15, 0.2) is 0 Å². The lowest BCUT2D eigenvalue weighted by atomic mass is 10.0. The van der Waals surface area contributed by atoms with Gasteiger partial charge in [0, 0.05) is 18.6 Å². The van der Waals surface area contributed by atoms with Crippen LogP contribution in [0.1, 0.15) is 46.0 Å². The topological polar surface area (TPSA) is 44.4 Å². The molecule has 4 heteroatoms. The molecule has 0 bridgehead atoms. The highest BCUT2D eigenvalue weighted by Gasteiger charge is 2.18. The zero-order valence-corrected chi connectivity index (χ0v) is 13.0. The van der Waals surface area contributed by atoms with Crippen LogP contribution in [0.15, 0.2) is 0 Å². The molecule has 1 atom stereocenters. The summed E-state index contributed by atoms with van der Waals surface area (Å²) in [6.45, 7) is 5.78. The molecule has 19 heavy (non-hydrogen) atoms. The number of likely N-dealkylation sites (N-methyl/N-ethyl adjacent to an activating group) is 1. The average molecular weight is 269 g/mol. The molecule has 0 aromatic heterocycles. The standard InChI is InChI=1S/C15H31N3O/c1-12(2)9-14(11-18(3)4)17-15(19)10-16-13-7-5-6-8-13/h12-14,16H,5-11H2,1-4H3,(H,17,19). The van der Waals surface area contributed by atoms with Crippen LogP contribution in [0, 0.1) is 5.92 Å². The summed E-state index contributed by atoms with van der Waals surface area (Å²) in [5.41, 5.74) is 0. The van der Waals surface area contributed by atoms with Crippen LogP contribution >= 0.6 is 0 Å². The molecule has 0 heterocycles. The van der Waals surface area contributed by atoms with E-state index in [1.54, 1.807) is 0 Å². The highest BCUT2D eigenvalue weighted by atomic mass is 16.2. The summed E-state index contributed by atoms with van der Waals surface area (Å²) < 4.78 is 0. The monoisotopic (exact) mass is 269 g/mol. The Morgan fingerprint density at radius 3 is 2.42 bits per heavy atom. The van der Waals surface area contributed by atoms with E-state index in [0.29, 0.717) is 18.5 Å². The van der Waals surface area contributed by atoms with Crippen molar-refractivity contribution < 1.29 is 4.79 Å². The van der Waals surface area contributed by atoms with Gasteiger partial charge in [-0.25, -0.2) is 0 Å². The second-order valence-electron chi connectivity index (χ2n) is 6.52. The zero-order chi connectivity index (χ0) is 14.3. The molecular formula is C15H31N3O. The fourth-order valence-electron chi connectivity index (χ4n) is 2.83. The maximum absolute atomic E-state index is 12.0. The van der Waals surface area contributed by atoms with Gasteiger partial charge in [0.05, 0.1) is 6.54 Å². The number of nitrogens with zero attached hydrogens (tertiary/aromatic N) is 1. The maximum atomic E-state index is 12.0. The van der Waals surface area contributed by atoms with Crippen LogP contribution < -0.4 is 10.6 Å². The Balaban J connectivity index is 2.28. The van der Waals surface area contributed by atoms with Crippen LogP contribution in [-0.2, 0) is 4.79 Å². The fraction of sp³-hybridized carbons (Fsp3) is 0.933. The van der Waals surface area contributed by atoms with Gasteiger partial charge in [0.25, 0.3) is 0 Å². The fourth-order valence-corrected chi connectivity index (χ4v) is 2.83. The van der Waals surface area contributed by atoms with Gasteiger partial charge in [0.1, 0.15) is 0 Å². The first kappa shape index (κ1) is 16.4. The molecule has 1 aliphatic rings. The Morgan fingerprint density at radius 2 is 1.89 bits per heavy atom. The first-order valence-corrected chi connectivity index (χ1v) is 7.65. The molecule has 1 aliphatic carbocycles. The van der Waals surface area contributed by atoms with Crippen molar-refractivity contribution in [1.82, 2.24) is 15.5 Å². The Bertz CT molecular complexity index is 250. The third-order valence-electron chi connectivity index (χ3n) is 3.61. The number of hydrogen-bond acceptors (Lipinski definition) is 3.